The number of methoxy groups -OCH3 is 1. The lowest BCUT2D eigenvalue weighted by molar-refractivity contribution is -0.145. The number of hydrogen-bond acceptors (Lipinski definition) is 5. The Kier molecular flexibility index (Phi) is 8.28. The van der Waals surface area contributed by atoms with Crippen molar-refractivity contribution < 1.29 is 24.2 Å². The van der Waals surface area contributed by atoms with E-state index >= 15 is 0 Å². The minimum absolute atomic E-state index is 0.0272. The van der Waals surface area contributed by atoms with Crippen LogP contribution >= 0.6 is 11.6 Å². The number of carbonyl (C=O) groups excluding carboxylic acids is 1. The molecule has 7 nitrogen and oxygen atoms in total. The topological polar surface area (TPSA) is 79.3 Å². The van der Waals surface area contributed by atoms with Crippen molar-refractivity contribution >= 4 is 29.2 Å². The number of halogens is 1. The maximum absolute atomic E-state index is 13.3. The second-order valence-electron chi connectivity index (χ2n) is 7.41. The van der Waals surface area contributed by atoms with Crippen LogP contribution in [-0.2, 0) is 9.53 Å². The number of likely N-dealkylation sites (tertiary alicyclic amines) is 1. The molecule has 31 heavy (non-hydrogen) atoms. The van der Waals surface area contributed by atoms with E-state index in [1.807, 2.05) is 12.1 Å². The van der Waals surface area contributed by atoms with Crippen LogP contribution in [0, 0.1) is 0 Å². The second-order valence-corrected chi connectivity index (χ2v) is 7.84. The lowest BCUT2D eigenvalue weighted by Gasteiger charge is -2.33. The van der Waals surface area contributed by atoms with E-state index in [1.165, 1.54) is 0 Å². The largest absolute Gasteiger partial charge is 0.497 e. The molecule has 1 heterocycles. The smallest absolute Gasteiger partial charge is 0.329 e. The molecule has 2 aromatic carbocycles. The van der Waals surface area contributed by atoms with Crippen LogP contribution in [0.4, 0.5) is 5.69 Å². The number of rotatable bonds is 9. The zero-order valence-electron chi connectivity index (χ0n) is 17.5. The molecule has 0 aromatic heterocycles. The van der Waals surface area contributed by atoms with Crippen molar-refractivity contribution in [1.82, 2.24) is 4.90 Å². The molecular weight excluding hydrogens is 420 g/mol. The van der Waals surface area contributed by atoms with Gasteiger partial charge in [0.1, 0.15) is 12.4 Å². The van der Waals surface area contributed by atoms with Gasteiger partial charge in [0.2, 0.25) is 0 Å². The van der Waals surface area contributed by atoms with E-state index in [-0.39, 0.29) is 18.6 Å². The molecule has 0 bridgehead atoms. The Morgan fingerprint density at radius 2 is 1.74 bits per heavy atom. The van der Waals surface area contributed by atoms with E-state index in [4.69, 9.17) is 26.2 Å². The van der Waals surface area contributed by atoms with Gasteiger partial charge in [-0.05, 0) is 61.4 Å². The average molecular weight is 447 g/mol. The van der Waals surface area contributed by atoms with Gasteiger partial charge in [0.05, 0.1) is 13.2 Å². The summed E-state index contributed by atoms with van der Waals surface area (Å²) in [5, 5.41) is 9.37. The van der Waals surface area contributed by atoms with Gasteiger partial charge in [-0.25, -0.2) is 4.79 Å². The Hall–Kier alpha value is -2.61. The number of carboxylic acids is 1. The molecule has 0 unspecified atom stereocenters. The fourth-order valence-corrected chi connectivity index (χ4v) is 3.71. The summed E-state index contributed by atoms with van der Waals surface area (Å²) in [5.41, 5.74) is 1.36. The average Bonchev–Trinajstić information content (AvgIpc) is 2.79. The normalized spacial score (nSPS) is 14.9. The van der Waals surface area contributed by atoms with Crippen LogP contribution in [0.1, 0.15) is 23.2 Å². The lowest BCUT2D eigenvalue weighted by Crippen LogP contribution is -2.43. The van der Waals surface area contributed by atoms with Gasteiger partial charge in [0, 0.05) is 42.5 Å². The number of ether oxygens (including phenoxy) is 2. The standard InChI is InChI=1S/C23H27ClN2O5/c1-30-20-8-2-17(3-9-20)23(29)26(19-6-4-18(24)5-7-19)15-14-25-12-10-21(11-13-25)31-16-22(27)28/h2-9,21H,10-16H2,1H3,(H,27,28). The molecule has 1 N–H and O–H groups in total. The van der Waals surface area contributed by atoms with Crippen LogP contribution in [0.5, 0.6) is 5.75 Å². The maximum Gasteiger partial charge on any atom is 0.329 e. The zero-order chi connectivity index (χ0) is 22.2. The summed E-state index contributed by atoms with van der Waals surface area (Å²) in [7, 11) is 1.59. The summed E-state index contributed by atoms with van der Waals surface area (Å²) in [6, 6.07) is 14.3. The van der Waals surface area contributed by atoms with Gasteiger partial charge < -0.3 is 24.4 Å². The third-order valence-electron chi connectivity index (χ3n) is 5.34. The maximum atomic E-state index is 13.3. The van der Waals surface area contributed by atoms with Gasteiger partial charge in [0.25, 0.3) is 5.91 Å². The number of hydrogen-bond donors (Lipinski definition) is 1. The summed E-state index contributed by atoms with van der Waals surface area (Å²) in [5.74, 6) is -0.342. The molecule has 1 aliphatic heterocycles. The summed E-state index contributed by atoms with van der Waals surface area (Å²) < 4.78 is 10.6. The molecule has 0 spiro atoms. The zero-order valence-corrected chi connectivity index (χ0v) is 18.3. The van der Waals surface area contributed by atoms with Crippen molar-refractivity contribution in [2.75, 3.05) is 44.8 Å². The van der Waals surface area contributed by atoms with Crippen molar-refractivity contribution in [3.8, 4) is 5.75 Å². The highest BCUT2D eigenvalue weighted by Crippen LogP contribution is 2.22. The summed E-state index contributed by atoms with van der Waals surface area (Å²) >= 11 is 6.03. The van der Waals surface area contributed by atoms with Crippen molar-refractivity contribution in [3.63, 3.8) is 0 Å². The van der Waals surface area contributed by atoms with Crippen molar-refractivity contribution in [2.24, 2.45) is 0 Å². The molecular formula is C23H27ClN2O5. The Balaban J connectivity index is 1.64. The van der Waals surface area contributed by atoms with Gasteiger partial charge in [-0.1, -0.05) is 11.6 Å². The van der Waals surface area contributed by atoms with Crippen LogP contribution < -0.4 is 9.64 Å². The molecule has 8 heteroatoms. The lowest BCUT2D eigenvalue weighted by atomic mass is 10.1. The molecule has 3 rings (SSSR count). The predicted octanol–water partition coefficient (Wildman–Crippen LogP) is 3.56. The van der Waals surface area contributed by atoms with Crippen LogP contribution in [-0.4, -0.2) is 67.9 Å². The minimum Gasteiger partial charge on any atom is -0.497 e. The van der Waals surface area contributed by atoms with Gasteiger partial charge in [-0.2, -0.15) is 0 Å². The number of anilines is 1. The summed E-state index contributed by atoms with van der Waals surface area (Å²) in [6.07, 6.45) is 1.53. The van der Waals surface area contributed by atoms with Crippen LogP contribution in [0.25, 0.3) is 0 Å². The predicted molar refractivity (Wildman–Crippen MR) is 119 cm³/mol. The number of benzene rings is 2. The van der Waals surface area contributed by atoms with Crippen LogP contribution in [0.15, 0.2) is 48.5 Å². The van der Waals surface area contributed by atoms with E-state index in [1.54, 1.807) is 48.4 Å². The van der Waals surface area contributed by atoms with Crippen LogP contribution in [0.2, 0.25) is 5.02 Å². The second kappa shape index (κ2) is 11.1. The molecule has 1 saturated heterocycles. The number of amides is 1. The first kappa shape index (κ1) is 23.1. The molecule has 0 aliphatic carbocycles. The number of aliphatic carboxylic acids is 1. The molecule has 1 aliphatic rings. The van der Waals surface area contributed by atoms with E-state index in [0.717, 1.165) is 31.6 Å². The van der Waals surface area contributed by atoms with Crippen molar-refractivity contribution in [1.29, 1.82) is 0 Å². The van der Waals surface area contributed by atoms with Gasteiger partial charge in [0.15, 0.2) is 0 Å². The molecule has 2 aromatic rings. The van der Waals surface area contributed by atoms with E-state index in [9.17, 15) is 9.59 Å². The van der Waals surface area contributed by atoms with Gasteiger partial charge in [-0.3, -0.25) is 4.79 Å². The molecule has 0 radical (unpaired) electrons. The third kappa shape index (κ3) is 6.69. The van der Waals surface area contributed by atoms with Crippen molar-refractivity contribution in [2.45, 2.75) is 18.9 Å². The number of carbonyl (C=O) groups is 2. The molecule has 1 amide bonds. The Bertz CT molecular complexity index is 865. The quantitative estimate of drug-likeness (QED) is 0.634. The number of nitrogens with zero attached hydrogens (tertiary/aromatic N) is 2. The highest BCUT2D eigenvalue weighted by molar-refractivity contribution is 6.30. The molecule has 0 saturated carbocycles. The van der Waals surface area contributed by atoms with E-state index < -0.39 is 5.97 Å². The molecule has 0 atom stereocenters. The Labute approximate surface area is 187 Å². The van der Waals surface area contributed by atoms with Gasteiger partial charge in [-0.15, -0.1) is 0 Å². The van der Waals surface area contributed by atoms with Gasteiger partial charge >= 0.3 is 5.97 Å². The summed E-state index contributed by atoms with van der Waals surface area (Å²) in [4.78, 5) is 28.0. The van der Waals surface area contributed by atoms with E-state index in [0.29, 0.717) is 29.4 Å². The minimum atomic E-state index is -0.946. The first-order valence-electron chi connectivity index (χ1n) is 10.2. The highest BCUT2D eigenvalue weighted by atomic mass is 35.5. The molecule has 166 valence electrons. The fourth-order valence-electron chi connectivity index (χ4n) is 3.59. The van der Waals surface area contributed by atoms with Crippen molar-refractivity contribution in [3.05, 3.63) is 59.1 Å². The number of piperidine rings is 1. The third-order valence-corrected chi connectivity index (χ3v) is 5.59. The van der Waals surface area contributed by atoms with E-state index in [2.05, 4.69) is 4.90 Å². The number of carboxylic acid groups (broad SMARTS) is 1. The Morgan fingerprint density at radius 1 is 1.10 bits per heavy atom. The molecule has 1 fully saturated rings. The fraction of sp³-hybridized carbons (Fsp3) is 0.391. The van der Waals surface area contributed by atoms with Crippen LogP contribution in [0.3, 0.4) is 0 Å². The SMILES string of the molecule is COc1ccc(C(=O)N(CCN2CCC(OCC(=O)O)CC2)c2ccc(Cl)cc2)cc1. The first-order chi connectivity index (χ1) is 15.0. The first-order valence-corrected chi connectivity index (χ1v) is 10.6. The highest BCUT2D eigenvalue weighted by Gasteiger charge is 2.23. The monoisotopic (exact) mass is 446 g/mol. The summed E-state index contributed by atoms with van der Waals surface area (Å²) in [6.45, 7) is 2.57. The Morgan fingerprint density at radius 3 is 2.32 bits per heavy atom.